The van der Waals surface area contributed by atoms with E-state index in [0.29, 0.717) is 13.0 Å². The van der Waals surface area contributed by atoms with Crippen molar-refractivity contribution >= 4 is 5.97 Å². The average molecular weight is 831 g/mol. The van der Waals surface area contributed by atoms with Crippen LogP contribution in [0.3, 0.4) is 0 Å². The van der Waals surface area contributed by atoms with Gasteiger partial charge in [-0.05, 0) is 77.0 Å². The van der Waals surface area contributed by atoms with E-state index in [0.717, 1.165) is 89.9 Å². The molecule has 0 bridgehead atoms. The van der Waals surface area contributed by atoms with Crippen molar-refractivity contribution in [3.63, 3.8) is 0 Å². The minimum Gasteiger partial charge on any atom is -0.457 e. The van der Waals surface area contributed by atoms with Crippen LogP contribution < -0.4 is 0 Å². The molecule has 1 saturated heterocycles. The lowest BCUT2D eigenvalue weighted by Gasteiger charge is -2.39. The first-order chi connectivity index (χ1) is 28.9. The molecular formula is C50H86O9. The van der Waals surface area contributed by atoms with Gasteiger partial charge in [0.15, 0.2) is 6.29 Å². The first-order valence-corrected chi connectivity index (χ1v) is 23.5. The Labute approximate surface area is 359 Å². The molecule has 0 amide bonds. The maximum absolute atomic E-state index is 12.7. The number of aliphatic hydroxyl groups is 4. The van der Waals surface area contributed by atoms with Crippen molar-refractivity contribution in [3.05, 3.63) is 72.9 Å². The number of hydrogen-bond acceptors (Lipinski definition) is 9. The molecule has 0 aromatic carbocycles. The van der Waals surface area contributed by atoms with Crippen LogP contribution in [0.4, 0.5) is 0 Å². The van der Waals surface area contributed by atoms with Crippen LogP contribution >= 0.6 is 0 Å². The molecule has 0 aromatic rings. The third-order valence-corrected chi connectivity index (χ3v) is 10.3. The summed E-state index contributed by atoms with van der Waals surface area (Å²) in [7, 11) is 0. The van der Waals surface area contributed by atoms with E-state index in [-0.39, 0.29) is 19.2 Å². The lowest BCUT2D eigenvalue weighted by atomic mass is 9.99. The maximum Gasteiger partial charge on any atom is 0.306 e. The Morgan fingerprint density at radius 1 is 0.559 bits per heavy atom. The lowest BCUT2D eigenvalue weighted by Crippen LogP contribution is -2.59. The van der Waals surface area contributed by atoms with Gasteiger partial charge in [-0.3, -0.25) is 4.79 Å². The molecule has 1 fully saturated rings. The molecule has 6 atom stereocenters. The normalized spacial score (nSPS) is 20.8. The number of aliphatic hydroxyl groups excluding tert-OH is 4. The van der Waals surface area contributed by atoms with E-state index in [9.17, 15) is 25.2 Å². The summed E-state index contributed by atoms with van der Waals surface area (Å²) in [6, 6.07) is 0. The average Bonchev–Trinajstić information content (AvgIpc) is 3.24. The van der Waals surface area contributed by atoms with Crippen molar-refractivity contribution in [2.45, 2.75) is 211 Å². The fraction of sp³-hybridized carbons (Fsp3) is 0.740. The molecule has 1 aliphatic heterocycles. The summed E-state index contributed by atoms with van der Waals surface area (Å²) in [4.78, 5) is 12.7. The SMILES string of the molecule is CC/C=C\C/C=C\C/C=C\C/C=C\C/C=C\CCCCCCCCCCCCOCC(COC1OC(CO)C(O)C(O)C1O)OC(=O)CCCCCCC/C=C\CCC. The highest BCUT2D eigenvalue weighted by Gasteiger charge is 2.44. The Morgan fingerprint density at radius 3 is 1.58 bits per heavy atom. The Hall–Kier alpha value is -2.37. The Morgan fingerprint density at radius 2 is 1.03 bits per heavy atom. The molecule has 9 heteroatoms. The summed E-state index contributed by atoms with van der Waals surface area (Å²) in [6.07, 6.45) is 46.6. The van der Waals surface area contributed by atoms with E-state index in [1.807, 2.05) is 0 Å². The zero-order valence-corrected chi connectivity index (χ0v) is 37.2. The molecular weight excluding hydrogens is 745 g/mol. The van der Waals surface area contributed by atoms with Crippen molar-refractivity contribution < 1.29 is 44.2 Å². The Kier molecular flexibility index (Phi) is 38.0. The minimum atomic E-state index is -1.54. The molecule has 340 valence electrons. The van der Waals surface area contributed by atoms with Crippen molar-refractivity contribution in [1.29, 1.82) is 0 Å². The van der Waals surface area contributed by atoms with E-state index in [4.69, 9.17) is 18.9 Å². The van der Waals surface area contributed by atoms with Gasteiger partial charge in [-0.1, -0.05) is 164 Å². The smallest absolute Gasteiger partial charge is 0.306 e. The van der Waals surface area contributed by atoms with E-state index in [1.54, 1.807) is 0 Å². The first-order valence-electron chi connectivity index (χ1n) is 23.5. The molecule has 0 spiro atoms. The maximum atomic E-state index is 12.7. The minimum absolute atomic E-state index is 0.122. The van der Waals surface area contributed by atoms with Crippen molar-refractivity contribution in [3.8, 4) is 0 Å². The molecule has 59 heavy (non-hydrogen) atoms. The topological polar surface area (TPSA) is 135 Å². The molecule has 0 aromatic heterocycles. The number of carbonyl (C=O) groups is 1. The summed E-state index contributed by atoms with van der Waals surface area (Å²) >= 11 is 0. The Balaban J connectivity index is 2.17. The van der Waals surface area contributed by atoms with Gasteiger partial charge in [-0.25, -0.2) is 0 Å². The Bertz CT molecular complexity index is 1130. The van der Waals surface area contributed by atoms with Gasteiger partial charge in [0.1, 0.15) is 30.5 Å². The third kappa shape index (κ3) is 32.1. The second kappa shape index (κ2) is 41.0. The number of hydrogen-bond donors (Lipinski definition) is 4. The van der Waals surface area contributed by atoms with Gasteiger partial charge >= 0.3 is 5.97 Å². The third-order valence-electron chi connectivity index (χ3n) is 10.3. The van der Waals surface area contributed by atoms with Gasteiger partial charge in [0.2, 0.25) is 0 Å². The molecule has 0 aliphatic carbocycles. The lowest BCUT2D eigenvalue weighted by molar-refractivity contribution is -0.305. The molecule has 1 heterocycles. The predicted molar refractivity (Wildman–Crippen MR) is 242 cm³/mol. The van der Waals surface area contributed by atoms with E-state index in [2.05, 4.69) is 86.8 Å². The van der Waals surface area contributed by atoms with Crippen LogP contribution in [0.2, 0.25) is 0 Å². The van der Waals surface area contributed by atoms with E-state index >= 15 is 0 Å². The van der Waals surface area contributed by atoms with Gasteiger partial charge in [0.05, 0.1) is 19.8 Å². The standard InChI is InChI=1S/C50H86O9/c1-3-5-7-9-11-13-15-16-17-18-19-20-21-22-23-24-25-26-27-28-29-30-32-34-36-38-40-56-42-44(43-57-50-49(55)48(54)47(53)45(41-51)59-50)58-46(52)39-37-35-33-31-14-12-10-8-6-4-2/h5,7-8,10-11,13,16-17,19-20,22-23,44-45,47-51,53-55H,3-4,6,9,12,14-15,18,21,24-43H2,1-2H3/b7-5-,10-8-,13-11-,17-16-,20-19-,23-22-. The van der Waals surface area contributed by atoms with Crippen LogP contribution in [-0.2, 0) is 23.7 Å². The summed E-state index contributed by atoms with van der Waals surface area (Å²) in [5.74, 6) is -0.330. The van der Waals surface area contributed by atoms with Gasteiger partial charge in [0, 0.05) is 13.0 Å². The van der Waals surface area contributed by atoms with Crippen molar-refractivity contribution in [2.75, 3.05) is 26.4 Å². The number of esters is 1. The summed E-state index contributed by atoms with van der Waals surface area (Å²) in [5, 5.41) is 40.1. The first kappa shape index (κ1) is 54.6. The van der Waals surface area contributed by atoms with Crippen molar-refractivity contribution in [1.82, 2.24) is 0 Å². The molecule has 1 aliphatic rings. The van der Waals surface area contributed by atoms with Crippen molar-refractivity contribution in [2.24, 2.45) is 0 Å². The van der Waals surface area contributed by atoms with E-state index < -0.39 is 43.4 Å². The van der Waals surface area contributed by atoms with Gasteiger partial charge < -0.3 is 39.4 Å². The highest BCUT2D eigenvalue weighted by atomic mass is 16.7. The predicted octanol–water partition coefficient (Wildman–Crippen LogP) is 10.9. The molecule has 0 radical (unpaired) electrons. The monoisotopic (exact) mass is 831 g/mol. The number of rotatable bonds is 39. The second-order valence-corrected chi connectivity index (χ2v) is 15.8. The van der Waals surface area contributed by atoms with Gasteiger partial charge in [-0.2, -0.15) is 0 Å². The fourth-order valence-electron chi connectivity index (χ4n) is 6.70. The van der Waals surface area contributed by atoms with Crippen LogP contribution in [0, 0.1) is 0 Å². The summed E-state index contributed by atoms with van der Waals surface area (Å²) in [5.41, 5.74) is 0. The molecule has 4 N–H and O–H groups in total. The zero-order valence-electron chi connectivity index (χ0n) is 37.2. The van der Waals surface area contributed by atoms with Crippen LogP contribution in [0.5, 0.6) is 0 Å². The molecule has 0 saturated carbocycles. The summed E-state index contributed by atoms with van der Waals surface area (Å²) in [6.45, 7) is 4.35. The van der Waals surface area contributed by atoms with Crippen LogP contribution in [0.1, 0.15) is 174 Å². The summed E-state index contributed by atoms with van der Waals surface area (Å²) < 4.78 is 22.8. The molecule has 6 unspecified atom stereocenters. The number of carbonyl (C=O) groups excluding carboxylic acids is 1. The zero-order chi connectivity index (χ0) is 42.9. The highest BCUT2D eigenvalue weighted by molar-refractivity contribution is 5.69. The fourth-order valence-corrected chi connectivity index (χ4v) is 6.70. The highest BCUT2D eigenvalue weighted by Crippen LogP contribution is 2.22. The van der Waals surface area contributed by atoms with E-state index in [1.165, 1.54) is 64.2 Å². The van der Waals surface area contributed by atoms with Crippen LogP contribution in [-0.4, -0.2) is 89.6 Å². The number of ether oxygens (including phenoxy) is 4. The quantitative estimate of drug-likeness (QED) is 0.0271. The number of unbranched alkanes of at least 4 members (excludes halogenated alkanes) is 16. The molecule has 1 rings (SSSR count). The number of allylic oxidation sites excluding steroid dienone is 12. The second-order valence-electron chi connectivity index (χ2n) is 15.8. The van der Waals surface area contributed by atoms with Gasteiger partial charge in [-0.15, -0.1) is 0 Å². The largest absolute Gasteiger partial charge is 0.457 e. The van der Waals surface area contributed by atoms with Crippen LogP contribution in [0.25, 0.3) is 0 Å². The van der Waals surface area contributed by atoms with Crippen LogP contribution in [0.15, 0.2) is 72.9 Å². The van der Waals surface area contributed by atoms with Gasteiger partial charge in [0.25, 0.3) is 0 Å². The molecule has 9 nitrogen and oxygen atoms in total.